The number of hydrogen-bond acceptors (Lipinski definition) is 6. The number of aryl methyl sites for hydroxylation is 3. The number of rotatable bonds is 10. The van der Waals surface area contributed by atoms with Gasteiger partial charge in [-0.15, -0.1) is 0 Å². The lowest BCUT2D eigenvalue weighted by molar-refractivity contribution is 0.102. The molecule has 3 aromatic carbocycles. The third-order valence-electron chi connectivity index (χ3n) is 6.05. The molecule has 204 valence electrons. The highest BCUT2D eigenvalue weighted by Gasteiger charge is 2.25. The average Bonchev–Trinajstić information content (AvgIpc) is 2.83. The Hall–Kier alpha value is -3.41. The second kappa shape index (κ2) is 11.5. The Balaban J connectivity index is 1.99. The highest BCUT2D eigenvalue weighted by molar-refractivity contribution is 7.92. The highest BCUT2D eigenvalue weighted by Crippen LogP contribution is 2.31. The van der Waals surface area contributed by atoms with Gasteiger partial charge in [0.1, 0.15) is 5.75 Å². The summed E-state index contributed by atoms with van der Waals surface area (Å²) in [5.74, 6) is -0.392. The Labute approximate surface area is 224 Å². The molecule has 0 atom stereocenters. The SMILES string of the molecule is CCN(CC)S(=O)(=O)c1ccc(OC)c(NC(=O)c2ccccc2NS(=O)(=O)c2c(C)cc(C)cc2C)c1. The summed E-state index contributed by atoms with van der Waals surface area (Å²) in [5.41, 5.74) is 2.39. The van der Waals surface area contributed by atoms with Gasteiger partial charge >= 0.3 is 0 Å². The van der Waals surface area contributed by atoms with Gasteiger partial charge in [-0.1, -0.05) is 43.7 Å². The number of para-hydroxylation sites is 1. The van der Waals surface area contributed by atoms with Crippen LogP contribution in [0.25, 0.3) is 0 Å². The number of benzene rings is 3. The lowest BCUT2D eigenvalue weighted by Crippen LogP contribution is -2.30. The lowest BCUT2D eigenvalue weighted by atomic mass is 10.1. The van der Waals surface area contributed by atoms with E-state index in [9.17, 15) is 21.6 Å². The topological polar surface area (TPSA) is 122 Å². The van der Waals surface area contributed by atoms with E-state index in [4.69, 9.17) is 4.74 Å². The fraction of sp³-hybridized carbons (Fsp3) is 0.296. The van der Waals surface area contributed by atoms with Crippen LogP contribution in [0.4, 0.5) is 11.4 Å². The van der Waals surface area contributed by atoms with Crippen molar-refractivity contribution in [1.82, 2.24) is 4.31 Å². The van der Waals surface area contributed by atoms with Crippen LogP contribution >= 0.6 is 0 Å². The summed E-state index contributed by atoms with van der Waals surface area (Å²) in [7, 11) is -6.40. The van der Waals surface area contributed by atoms with Gasteiger partial charge in [-0.2, -0.15) is 4.31 Å². The van der Waals surface area contributed by atoms with Crippen molar-refractivity contribution in [3.8, 4) is 5.75 Å². The van der Waals surface area contributed by atoms with E-state index in [1.54, 1.807) is 52.0 Å². The van der Waals surface area contributed by atoms with Crippen molar-refractivity contribution in [3.63, 3.8) is 0 Å². The minimum Gasteiger partial charge on any atom is -0.495 e. The van der Waals surface area contributed by atoms with Crippen molar-refractivity contribution >= 4 is 37.3 Å². The maximum absolute atomic E-state index is 13.3. The van der Waals surface area contributed by atoms with Crippen molar-refractivity contribution in [3.05, 3.63) is 76.9 Å². The van der Waals surface area contributed by atoms with Crippen LogP contribution in [0.2, 0.25) is 0 Å². The largest absolute Gasteiger partial charge is 0.495 e. The zero-order valence-corrected chi connectivity index (χ0v) is 24.0. The summed E-state index contributed by atoms with van der Waals surface area (Å²) < 4.78 is 61.9. The number of sulfonamides is 2. The monoisotopic (exact) mass is 559 g/mol. The summed E-state index contributed by atoms with van der Waals surface area (Å²) in [5, 5.41) is 2.68. The summed E-state index contributed by atoms with van der Waals surface area (Å²) in [6.45, 7) is 9.40. The van der Waals surface area contributed by atoms with E-state index in [0.717, 1.165) is 5.56 Å². The van der Waals surface area contributed by atoms with E-state index < -0.39 is 26.0 Å². The molecule has 1 amide bonds. The van der Waals surface area contributed by atoms with Crippen LogP contribution in [0.5, 0.6) is 5.75 Å². The molecule has 0 fully saturated rings. The fourth-order valence-electron chi connectivity index (χ4n) is 4.40. The van der Waals surface area contributed by atoms with E-state index >= 15 is 0 Å². The molecule has 11 heteroatoms. The van der Waals surface area contributed by atoms with Crippen molar-refractivity contribution in [2.75, 3.05) is 30.2 Å². The van der Waals surface area contributed by atoms with E-state index in [1.165, 1.54) is 41.7 Å². The number of anilines is 2. The molecule has 0 aliphatic carbocycles. The van der Waals surface area contributed by atoms with Crippen molar-refractivity contribution in [2.24, 2.45) is 0 Å². The zero-order chi connectivity index (χ0) is 28.3. The molecule has 3 aromatic rings. The summed E-state index contributed by atoms with van der Waals surface area (Å²) >= 11 is 0. The molecule has 0 saturated carbocycles. The van der Waals surface area contributed by atoms with Crippen molar-refractivity contribution in [2.45, 2.75) is 44.4 Å². The van der Waals surface area contributed by atoms with Crippen LogP contribution in [-0.4, -0.2) is 47.2 Å². The Bertz CT molecular complexity index is 1540. The normalized spacial score (nSPS) is 11.9. The lowest BCUT2D eigenvalue weighted by Gasteiger charge is -2.20. The van der Waals surface area contributed by atoms with Gasteiger partial charge in [0.2, 0.25) is 10.0 Å². The van der Waals surface area contributed by atoms with Gasteiger partial charge in [0.15, 0.2) is 0 Å². The number of methoxy groups -OCH3 is 1. The van der Waals surface area contributed by atoms with Gasteiger partial charge < -0.3 is 10.1 Å². The first-order valence-electron chi connectivity index (χ1n) is 12.0. The second-order valence-corrected chi connectivity index (χ2v) is 12.3. The molecule has 0 spiro atoms. The standard InChI is InChI=1S/C27H33N3O6S2/c1-7-30(8-2)38(34,35)21-13-14-25(36-6)24(17-21)28-27(31)22-11-9-10-12-23(22)29-37(32,33)26-19(4)15-18(3)16-20(26)5/h9-17,29H,7-8H2,1-6H3,(H,28,31). The first-order chi connectivity index (χ1) is 17.8. The molecule has 0 aliphatic rings. The molecule has 2 N–H and O–H groups in total. The molecular formula is C27H33N3O6S2. The number of nitrogens with one attached hydrogen (secondary N) is 2. The highest BCUT2D eigenvalue weighted by atomic mass is 32.2. The minimum absolute atomic E-state index is 0.00314. The van der Waals surface area contributed by atoms with Crippen LogP contribution in [0, 0.1) is 20.8 Å². The van der Waals surface area contributed by atoms with Gasteiger partial charge in [-0.05, 0) is 62.2 Å². The van der Waals surface area contributed by atoms with Crippen LogP contribution in [0.1, 0.15) is 40.9 Å². The third kappa shape index (κ3) is 6.01. The number of carbonyl (C=O) groups excluding carboxylic acids is 1. The van der Waals surface area contributed by atoms with Crippen molar-refractivity contribution in [1.29, 1.82) is 0 Å². The molecule has 0 aliphatic heterocycles. The number of amides is 1. The van der Waals surface area contributed by atoms with Crippen LogP contribution in [0.15, 0.2) is 64.4 Å². The quantitative estimate of drug-likeness (QED) is 0.371. The van der Waals surface area contributed by atoms with Gasteiger partial charge in [-0.3, -0.25) is 9.52 Å². The number of hydrogen-bond donors (Lipinski definition) is 2. The molecular weight excluding hydrogens is 526 g/mol. The van der Waals surface area contributed by atoms with Crippen LogP contribution < -0.4 is 14.8 Å². The average molecular weight is 560 g/mol. The van der Waals surface area contributed by atoms with Gasteiger partial charge in [-0.25, -0.2) is 16.8 Å². The summed E-state index contributed by atoms with van der Waals surface area (Å²) in [6.07, 6.45) is 0. The molecule has 0 unspecified atom stereocenters. The first kappa shape index (κ1) is 29.2. The number of carbonyl (C=O) groups is 1. The summed E-state index contributed by atoms with van der Waals surface area (Å²) in [6, 6.07) is 14.0. The Morgan fingerprint density at radius 1 is 0.868 bits per heavy atom. The van der Waals surface area contributed by atoms with E-state index in [1.807, 2.05) is 6.92 Å². The van der Waals surface area contributed by atoms with Gasteiger partial charge in [0, 0.05) is 13.1 Å². The van der Waals surface area contributed by atoms with Gasteiger partial charge in [0.05, 0.1) is 33.8 Å². The maximum Gasteiger partial charge on any atom is 0.262 e. The predicted octanol–water partition coefficient (Wildman–Crippen LogP) is 4.70. The first-order valence-corrected chi connectivity index (χ1v) is 15.0. The minimum atomic E-state index is -4.01. The van der Waals surface area contributed by atoms with E-state index in [2.05, 4.69) is 10.0 Å². The molecule has 0 bridgehead atoms. The van der Waals surface area contributed by atoms with Gasteiger partial charge in [0.25, 0.3) is 15.9 Å². The maximum atomic E-state index is 13.3. The Kier molecular flexibility index (Phi) is 8.86. The fourth-order valence-corrected chi connectivity index (χ4v) is 7.42. The Morgan fingerprint density at radius 2 is 1.47 bits per heavy atom. The molecule has 3 rings (SSSR count). The number of nitrogens with zero attached hydrogens (tertiary/aromatic N) is 1. The molecule has 0 radical (unpaired) electrons. The molecule has 9 nitrogen and oxygen atoms in total. The van der Waals surface area contributed by atoms with E-state index in [0.29, 0.717) is 24.2 Å². The predicted molar refractivity (Wildman–Crippen MR) is 149 cm³/mol. The Morgan fingerprint density at radius 3 is 2.05 bits per heavy atom. The molecule has 38 heavy (non-hydrogen) atoms. The van der Waals surface area contributed by atoms with Crippen LogP contribution in [-0.2, 0) is 20.0 Å². The smallest absolute Gasteiger partial charge is 0.262 e. The molecule has 0 aromatic heterocycles. The molecule has 0 saturated heterocycles. The number of ether oxygens (including phenoxy) is 1. The zero-order valence-electron chi connectivity index (χ0n) is 22.3. The molecule has 0 heterocycles. The second-order valence-electron chi connectivity index (χ2n) is 8.78. The summed E-state index contributed by atoms with van der Waals surface area (Å²) in [4.78, 5) is 13.5. The third-order valence-corrected chi connectivity index (χ3v) is 9.77. The van der Waals surface area contributed by atoms with E-state index in [-0.39, 0.29) is 32.5 Å². The van der Waals surface area contributed by atoms with Crippen LogP contribution in [0.3, 0.4) is 0 Å². The van der Waals surface area contributed by atoms with Crippen molar-refractivity contribution < 1.29 is 26.4 Å².